The lowest BCUT2D eigenvalue weighted by molar-refractivity contribution is -0.120. The van der Waals surface area contributed by atoms with Gasteiger partial charge in [-0.3, -0.25) is 4.79 Å². The number of sulfonamides is 1. The summed E-state index contributed by atoms with van der Waals surface area (Å²) in [7, 11) is -4.00. The number of aryl methyl sites for hydroxylation is 3. The molecule has 9 heteroatoms. The van der Waals surface area contributed by atoms with Gasteiger partial charge in [0.1, 0.15) is 11.5 Å². The van der Waals surface area contributed by atoms with Gasteiger partial charge in [-0.25, -0.2) is 12.8 Å². The molecule has 1 N–H and O–H groups in total. The number of hydrogen-bond acceptors (Lipinski definition) is 5. The van der Waals surface area contributed by atoms with Crippen LogP contribution in [0.4, 0.5) is 10.1 Å². The number of nitrogens with one attached hydrogen (secondary N) is 1. The molecule has 0 bridgehead atoms. The van der Waals surface area contributed by atoms with Crippen molar-refractivity contribution in [3.05, 3.63) is 76.4 Å². The second-order valence-electron chi connectivity index (χ2n) is 8.83. The summed E-state index contributed by atoms with van der Waals surface area (Å²) in [4.78, 5) is 12.9. The highest BCUT2D eigenvalue weighted by Gasteiger charge is 2.37. The van der Waals surface area contributed by atoms with Crippen LogP contribution in [0.15, 0.2) is 51.9 Å². The Morgan fingerprint density at radius 1 is 1.17 bits per heavy atom. The second kappa shape index (κ2) is 10.1. The first kappa shape index (κ1) is 24.8. The molecule has 1 fully saturated rings. The summed E-state index contributed by atoms with van der Waals surface area (Å²) in [6.07, 6.45) is 3.99. The number of hydrogen-bond donors (Lipinski definition) is 1. The standard InChI is InChI=1S/C26H28FN3O4S/c1-17-10-12-23(18(2)15-17)28-26(31)21-8-6-14-30(16-21)35(32,33)25-19(3)29-34-24(25)13-11-20-7-4-5-9-22(20)27/h4-5,7,9-13,15,21H,6,8,14,16H2,1-3H3,(H,28,31)/b13-11+. The lowest BCUT2D eigenvalue weighted by Gasteiger charge is -2.31. The summed E-state index contributed by atoms with van der Waals surface area (Å²) in [5.74, 6) is -1.11. The normalized spacial score (nSPS) is 17.1. The van der Waals surface area contributed by atoms with E-state index in [-0.39, 0.29) is 35.3 Å². The molecule has 2 aromatic carbocycles. The predicted octanol–water partition coefficient (Wildman–Crippen LogP) is 4.95. The van der Waals surface area contributed by atoms with Gasteiger partial charge in [0.15, 0.2) is 10.7 Å². The topological polar surface area (TPSA) is 92.5 Å². The molecule has 0 saturated carbocycles. The Morgan fingerprint density at radius 3 is 2.69 bits per heavy atom. The summed E-state index contributed by atoms with van der Waals surface area (Å²) < 4.78 is 47.7. The third-order valence-corrected chi connectivity index (χ3v) is 8.17. The van der Waals surface area contributed by atoms with Crippen molar-refractivity contribution in [2.24, 2.45) is 5.92 Å². The van der Waals surface area contributed by atoms with Crippen molar-refractivity contribution >= 4 is 33.8 Å². The van der Waals surface area contributed by atoms with Gasteiger partial charge in [-0.1, -0.05) is 41.1 Å². The molecule has 35 heavy (non-hydrogen) atoms. The molecule has 1 aromatic heterocycles. The maximum absolute atomic E-state index is 14.0. The Kier molecular flexibility index (Phi) is 7.18. The number of carbonyl (C=O) groups excluding carboxylic acids is 1. The first-order chi connectivity index (χ1) is 16.7. The van der Waals surface area contributed by atoms with Gasteiger partial charge in [0.2, 0.25) is 15.9 Å². The maximum atomic E-state index is 14.0. The van der Waals surface area contributed by atoms with Crippen LogP contribution in [-0.2, 0) is 14.8 Å². The van der Waals surface area contributed by atoms with E-state index >= 15 is 0 Å². The molecule has 1 aliphatic heterocycles. The molecule has 1 atom stereocenters. The fraction of sp³-hybridized carbons (Fsp3) is 0.308. The van der Waals surface area contributed by atoms with Gasteiger partial charge in [-0.05, 0) is 63.5 Å². The summed E-state index contributed by atoms with van der Waals surface area (Å²) in [5.41, 5.74) is 3.27. The van der Waals surface area contributed by atoms with Crippen molar-refractivity contribution in [2.45, 2.75) is 38.5 Å². The molecule has 4 rings (SSSR count). The first-order valence-electron chi connectivity index (χ1n) is 11.4. The third kappa shape index (κ3) is 5.36. The Hall–Kier alpha value is -3.30. The Bertz CT molecular complexity index is 1380. The van der Waals surface area contributed by atoms with Gasteiger partial charge in [0.05, 0.1) is 5.92 Å². The Morgan fingerprint density at radius 2 is 1.94 bits per heavy atom. The van der Waals surface area contributed by atoms with E-state index < -0.39 is 21.8 Å². The minimum atomic E-state index is -4.00. The van der Waals surface area contributed by atoms with Crippen LogP contribution >= 0.6 is 0 Å². The van der Waals surface area contributed by atoms with Crippen LogP contribution in [0.1, 0.15) is 41.0 Å². The van der Waals surface area contributed by atoms with Gasteiger partial charge in [0, 0.05) is 24.3 Å². The molecule has 3 aromatic rings. The molecule has 184 valence electrons. The zero-order valence-corrected chi connectivity index (χ0v) is 20.7. The van der Waals surface area contributed by atoms with Crippen molar-refractivity contribution in [3.8, 4) is 0 Å². The van der Waals surface area contributed by atoms with Crippen molar-refractivity contribution in [2.75, 3.05) is 18.4 Å². The Labute approximate surface area is 204 Å². The smallest absolute Gasteiger partial charge is 0.248 e. The average Bonchev–Trinajstić information content (AvgIpc) is 3.21. The second-order valence-corrected chi connectivity index (χ2v) is 10.7. The monoisotopic (exact) mass is 497 g/mol. The average molecular weight is 498 g/mol. The molecule has 1 aliphatic rings. The van der Waals surface area contributed by atoms with Crippen LogP contribution < -0.4 is 5.32 Å². The number of amides is 1. The molecular formula is C26H28FN3O4S. The fourth-order valence-corrected chi connectivity index (χ4v) is 6.04. The lowest BCUT2D eigenvalue weighted by atomic mass is 9.98. The number of carbonyl (C=O) groups is 1. The molecular weight excluding hydrogens is 469 g/mol. The van der Waals surface area contributed by atoms with Crippen molar-refractivity contribution in [1.29, 1.82) is 0 Å². The highest BCUT2D eigenvalue weighted by atomic mass is 32.2. The maximum Gasteiger partial charge on any atom is 0.248 e. The van der Waals surface area contributed by atoms with Gasteiger partial charge >= 0.3 is 0 Å². The minimum absolute atomic E-state index is 0.0209. The minimum Gasteiger partial charge on any atom is -0.355 e. The number of aromatic nitrogens is 1. The number of rotatable bonds is 6. The van der Waals surface area contributed by atoms with E-state index in [1.807, 2.05) is 32.0 Å². The van der Waals surface area contributed by atoms with Crippen molar-refractivity contribution in [1.82, 2.24) is 9.46 Å². The lowest BCUT2D eigenvalue weighted by Crippen LogP contribution is -2.44. The van der Waals surface area contributed by atoms with Crippen LogP contribution in [0.2, 0.25) is 0 Å². The van der Waals surface area contributed by atoms with E-state index in [0.29, 0.717) is 18.4 Å². The molecule has 1 saturated heterocycles. The Balaban J connectivity index is 1.54. The molecule has 7 nitrogen and oxygen atoms in total. The molecule has 0 aliphatic carbocycles. The van der Waals surface area contributed by atoms with Crippen LogP contribution in [0, 0.1) is 32.5 Å². The third-order valence-electron chi connectivity index (χ3n) is 6.15. The largest absolute Gasteiger partial charge is 0.355 e. The fourth-order valence-electron chi connectivity index (χ4n) is 4.27. The summed E-state index contributed by atoms with van der Waals surface area (Å²) in [5, 5.41) is 6.78. The molecule has 1 amide bonds. The van der Waals surface area contributed by atoms with Crippen LogP contribution in [0.25, 0.3) is 12.2 Å². The van der Waals surface area contributed by atoms with Crippen LogP contribution in [-0.4, -0.2) is 36.9 Å². The van der Waals surface area contributed by atoms with E-state index in [2.05, 4.69) is 10.5 Å². The SMILES string of the molecule is Cc1ccc(NC(=O)C2CCCN(S(=O)(=O)c3c(C)noc3/C=C/c3ccccc3F)C2)c(C)c1. The molecule has 0 spiro atoms. The molecule has 1 unspecified atom stereocenters. The van der Waals surface area contributed by atoms with Crippen molar-refractivity contribution < 1.29 is 22.1 Å². The summed E-state index contributed by atoms with van der Waals surface area (Å²) in [6, 6.07) is 11.9. The first-order valence-corrected chi connectivity index (χ1v) is 12.9. The highest BCUT2D eigenvalue weighted by Crippen LogP contribution is 2.30. The number of halogens is 1. The van der Waals surface area contributed by atoms with E-state index in [9.17, 15) is 17.6 Å². The number of anilines is 1. The quantitative estimate of drug-likeness (QED) is 0.520. The zero-order valence-electron chi connectivity index (χ0n) is 19.9. The van der Waals surface area contributed by atoms with Gasteiger partial charge < -0.3 is 9.84 Å². The molecule has 2 heterocycles. The number of piperidine rings is 1. The van der Waals surface area contributed by atoms with Crippen LogP contribution in [0.5, 0.6) is 0 Å². The van der Waals surface area contributed by atoms with Crippen LogP contribution in [0.3, 0.4) is 0 Å². The summed E-state index contributed by atoms with van der Waals surface area (Å²) in [6.45, 7) is 5.79. The van der Waals surface area contributed by atoms with E-state index in [0.717, 1.165) is 16.8 Å². The number of nitrogens with zero attached hydrogens (tertiary/aromatic N) is 2. The van der Waals surface area contributed by atoms with Crippen molar-refractivity contribution in [3.63, 3.8) is 0 Å². The van der Waals surface area contributed by atoms with Gasteiger partial charge in [-0.2, -0.15) is 4.31 Å². The molecule has 0 radical (unpaired) electrons. The predicted molar refractivity (Wildman–Crippen MR) is 133 cm³/mol. The zero-order chi connectivity index (χ0) is 25.2. The van der Waals surface area contributed by atoms with Gasteiger partial charge in [-0.15, -0.1) is 0 Å². The highest BCUT2D eigenvalue weighted by molar-refractivity contribution is 7.89. The van der Waals surface area contributed by atoms with E-state index in [4.69, 9.17) is 4.52 Å². The van der Waals surface area contributed by atoms with E-state index in [1.54, 1.807) is 25.1 Å². The van der Waals surface area contributed by atoms with Gasteiger partial charge in [0.25, 0.3) is 0 Å². The summed E-state index contributed by atoms with van der Waals surface area (Å²) >= 11 is 0. The van der Waals surface area contributed by atoms with E-state index in [1.165, 1.54) is 22.5 Å². The number of benzene rings is 2.